The Labute approximate surface area is 88.5 Å². The zero-order valence-corrected chi connectivity index (χ0v) is 9.28. The maximum atomic E-state index is 4.43. The van der Waals surface area contributed by atoms with Crippen molar-refractivity contribution in [2.45, 2.75) is 27.3 Å². The second-order valence-electron chi connectivity index (χ2n) is 3.35. The van der Waals surface area contributed by atoms with E-state index in [0.29, 0.717) is 0 Å². The molecule has 0 aromatic carbocycles. The summed E-state index contributed by atoms with van der Waals surface area (Å²) >= 11 is 0. The van der Waals surface area contributed by atoms with E-state index in [0.717, 1.165) is 35.6 Å². The Morgan fingerprint density at radius 2 is 2.13 bits per heavy atom. The van der Waals surface area contributed by atoms with Crippen molar-refractivity contribution >= 4 is 16.9 Å². The van der Waals surface area contributed by atoms with Crippen LogP contribution in [0.4, 0.5) is 5.82 Å². The van der Waals surface area contributed by atoms with Crippen LogP contribution in [0.25, 0.3) is 11.0 Å². The van der Waals surface area contributed by atoms with Gasteiger partial charge in [0.15, 0.2) is 5.82 Å². The van der Waals surface area contributed by atoms with Gasteiger partial charge in [0.05, 0.1) is 5.69 Å². The molecule has 0 aliphatic carbocycles. The normalized spacial score (nSPS) is 10.9. The molecule has 0 saturated heterocycles. The molecular formula is C10H15N5. The van der Waals surface area contributed by atoms with E-state index in [9.17, 15) is 0 Å². The van der Waals surface area contributed by atoms with Gasteiger partial charge in [0.25, 0.3) is 0 Å². The van der Waals surface area contributed by atoms with Crippen LogP contribution in [0.1, 0.15) is 19.5 Å². The van der Waals surface area contributed by atoms with Gasteiger partial charge in [-0.15, -0.1) is 0 Å². The topological polar surface area (TPSA) is 55.6 Å². The van der Waals surface area contributed by atoms with Gasteiger partial charge in [-0.25, -0.2) is 9.97 Å². The minimum atomic E-state index is 0.829. The number of rotatable bonds is 3. The Balaban J connectivity index is 2.70. The molecule has 2 aromatic heterocycles. The fourth-order valence-corrected chi connectivity index (χ4v) is 1.69. The van der Waals surface area contributed by atoms with Gasteiger partial charge in [0.2, 0.25) is 0 Å². The summed E-state index contributed by atoms with van der Waals surface area (Å²) < 4.78 is 1.93. The van der Waals surface area contributed by atoms with Crippen molar-refractivity contribution in [3.05, 3.63) is 12.0 Å². The number of nitrogens with zero attached hydrogens (tertiary/aromatic N) is 4. The summed E-state index contributed by atoms with van der Waals surface area (Å²) in [5.74, 6) is 0.866. The van der Waals surface area contributed by atoms with Crippen LogP contribution >= 0.6 is 0 Å². The molecule has 2 rings (SSSR count). The van der Waals surface area contributed by atoms with E-state index in [1.165, 1.54) is 0 Å². The molecule has 0 atom stereocenters. The molecule has 2 heterocycles. The number of anilines is 1. The summed E-state index contributed by atoms with van der Waals surface area (Å²) in [6.45, 7) is 7.76. The predicted octanol–water partition coefficient (Wildman–Crippen LogP) is 1.59. The number of aryl methyl sites for hydroxylation is 2. The molecule has 0 bridgehead atoms. The summed E-state index contributed by atoms with van der Waals surface area (Å²) in [6.07, 6.45) is 1.58. The van der Waals surface area contributed by atoms with Crippen LogP contribution in [0.2, 0.25) is 0 Å². The van der Waals surface area contributed by atoms with Gasteiger partial charge in [-0.1, -0.05) is 0 Å². The van der Waals surface area contributed by atoms with Crippen LogP contribution in [0.3, 0.4) is 0 Å². The first-order valence-electron chi connectivity index (χ1n) is 5.19. The molecule has 0 amide bonds. The lowest BCUT2D eigenvalue weighted by atomic mass is 10.3. The van der Waals surface area contributed by atoms with E-state index in [1.807, 2.05) is 18.5 Å². The number of nitrogens with one attached hydrogen (secondary N) is 1. The summed E-state index contributed by atoms with van der Waals surface area (Å²) in [5, 5.41) is 7.65. The van der Waals surface area contributed by atoms with E-state index in [1.54, 1.807) is 6.33 Å². The first-order valence-corrected chi connectivity index (χ1v) is 5.19. The molecule has 0 aliphatic rings. The lowest BCUT2D eigenvalue weighted by molar-refractivity contribution is 0.676. The first-order chi connectivity index (χ1) is 7.27. The van der Waals surface area contributed by atoms with Crippen molar-refractivity contribution in [1.29, 1.82) is 0 Å². The smallest absolute Gasteiger partial charge is 0.155 e. The van der Waals surface area contributed by atoms with E-state index >= 15 is 0 Å². The second kappa shape index (κ2) is 3.84. The average Bonchev–Trinajstić information content (AvgIpc) is 2.58. The highest BCUT2D eigenvalue weighted by molar-refractivity contribution is 5.87. The number of aromatic nitrogens is 4. The predicted molar refractivity (Wildman–Crippen MR) is 59.9 cm³/mol. The highest BCUT2D eigenvalue weighted by atomic mass is 15.3. The lowest BCUT2D eigenvalue weighted by Gasteiger charge is -2.05. The molecule has 5 heteroatoms. The summed E-state index contributed by atoms with van der Waals surface area (Å²) in [4.78, 5) is 8.49. The van der Waals surface area contributed by atoms with Gasteiger partial charge >= 0.3 is 0 Å². The van der Waals surface area contributed by atoms with Gasteiger partial charge in [-0.05, 0) is 20.8 Å². The fourth-order valence-electron chi connectivity index (χ4n) is 1.69. The molecule has 0 aliphatic heterocycles. The summed E-state index contributed by atoms with van der Waals surface area (Å²) in [5.41, 5.74) is 2.88. The Kier molecular flexibility index (Phi) is 2.53. The second-order valence-corrected chi connectivity index (χ2v) is 3.35. The van der Waals surface area contributed by atoms with E-state index in [4.69, 9.17) is 0 Å². The molecule has 80 valence electrons. The zero-order valence-electron chi connectivity index (χ0n) is 9.28. The Hall–Kier alpha value is -1.65. The molecule has 0 radical (unpaired) electrons. The van der Waals surface area contributed by atoms with E-state index < -0.39 is 0 Å². The minimum absolute atomic E-state index is 0.829. The van der Waals surface area contributed by atoms with Crippen LogP contribution in [0.15, 0.2) is 6.33 Å². The van der Waals surface area contributed by atoms with E-state index in [2.05, 4.69) is 27.3 Å². The average molecular weight is 205 g/mol. The molecule has 5 nitrogen and oxygen atoms in total. The van der Waals surface area contributed by atoms with Crippen molar-refractivity contribution in [1.82, 2.24) is 19.7 Å². The van der Waals surface area contributed by atoms with Gasteiger partial charge in [0.1, 0.15) is 17.4 Å². The van der Waals surface area contributed by atoms with Crippen LogP contribution in [0.5, 0.6) is 0 Å². The molecule has 2 aromatic rings. The molecule has 0 spiro atoms. The van der Waals surface area contributed by atoms with Gasteiger partial charge < -0.3 is 5.32 Å². The third kappa shape index (κ3) is 1.54. The van der Waals surface area contributed by atoms with Crippen molar-refractivity contribution in [3.8, 4) is 0 Å². The van der Waals surface area contributed by atoms with Crippen molar-refractivity contribution < 1.29 is 0 Å². The van der Waals surface area contributed by atoms with Crippen molar-refractivity contribution in [2.24, 2.45) is 0 Å². The van der Waals surface area contributed by atoms with Gasteiger partial charge in [-0.2, -0.15) is 5.10 Å². The number of fused-ring (bicyclic) bond motifs is 1. The number of hydrogen-bond acceptors (Lipinski definition) is 4. The highest BCUT2D eigenvalue weighted by Gasteiger charge is 2.11. The monoisotopic (exact) mass is 205 g/mol. The van der Waals surface area contributed by atoms with E-state index in [-0.39, 0.29) is 0 Å². The third-order valence-electron chi connectivity index (χ3n) is 2.34. The standard InChI is InChI=1S/C10H15N5/c1-4-11-10-9-8(12-6-13-10)7(3)14-15(9)5-2/h6H,4-5H2,1-3H3,(H,11,12,13). The third-order valence-corrected chi connectivity index (χ3v) is 2.34. The van der Waals surface area contributed by atoms with Crippen molar-refractivity contribution in [2.75, 3.05) is 11.9 Å². The SMILES string of the molecule is CCNc1ncnc2c(C)nn(CC)c12. The van der Waals surface area contributed by atoms with Gasteiger partial charge in [-0.3, -0.25) is 4.68 Å². The summed E-state index contributed by atoms with van der Waals surface area (Å²) in [6, 6.07) is 0. The molecule has 0 saturated carbocycles. The van der Waals surface area contributed by atoms with Crippen LogP contribution in [-0.2, 0) is 6.54 Å². The molecular weight excluding hydrogens is 190 g/mol. The van der Waals surface area contributed by atoms with Gasteiger partial charge in [0, 0.05) is 13.1 Å². The first kappa shape index (κ1) is 9.89. The van der Waals surface area contributed by atoms with Crippen molar-refractivity contribution in [3.63, 3.8) is 0 Å². The summed E-state index contributed by atoms with van der Waals surface area (Å²) in [7, 11) is 0. The lowest BCUT2D eigenvalue weighted by Crippen LogP contribution is -2.04. The zero-order chi connectivity index (χ0) is 10.8. The number of hydrogen-bond donors (Lipinski definition) is 1. The Morgan fingerprint density at radius 3 is 2.80 bits per heavy atom. The molecule has 15 heavy (non-hydrogen) atoms. The minimum Gasteiger partial charge on any atom is -0.368 e. The van der Waals surface area contributed by atoms with Crippen LogP contribution in [-0.4, -0.2) is 26.3 Å². The molecule has 0 fully saturated rings. The van der Waals surface area contributed by atoms with Crippen LogP contribution < -0.4 is 5.32 Å². The molecule has 1 N–H and O–H groups in total. The van der Waals surface area contributed by atoms with Crippen LogP contribution in [0, 0.1) is 6.92 Å². The maximum absolute atomic E-state index is 4.43. The highest BCUT2D eigenvalue weighted by Crippen LogP contribution is 2.21. The Morgan fingerprint density at radius 1 is 1.33 bits per heavy atom. The largest absolute Gasteiger partial charge is 0.368 e. The quantitative estimate of drug-likeness (QED) is 0.826. The Bertz CT molecular complexity index is 474. The molecule has 0 unspecified atom stereocenters. The maximum Gasteiger partial charge on any atom is 0.155 e. The fraction of sp³-hybridized carbons (Fsp3) is 0.500.